The minimum atomic E-state index is -0.342. The van der Waals surface area contributed by atoms with Crippen LogP contribution in [0.15, 0.2) is 29.6 Å². The van der Waals surface area contributed by atoms with Gasteiger partial charge in [0.1, 0.15) is 11.8 Å². The van der Waals surface area contributed by atoms with E-state index in [-0.39, 0.29) is 11.9 Å². The van der Waals surface area contributed by atoms with E-state index in [9.17, 15) is 4.79 Å². The first-order chi connectivity index (χ1) is 10.6. The average molecular weight is 319 g/mol. The molecule has 0 unspecified atom stereocenters. The molecule has 1 aromatic heterocycles. The van der Waals surface area contributed by atoms with Gasteiger partial charge in [0.05, 0.1) is 18.0 Å². The van der Waals surface area contributed by atoms with Crippen LogP contribution in [-0.2, 0) is 4.79 Å². The predicted octanol–water partition coefficient (Wildman–Crippen LogP) is 3.68. The lowest BCUT2D eigenvalue weighted by molar-refractivity contribution is -0.116. The van der Waals surface area contributed by atoms with Crippen molar-refractivity contribution in [3.8, 4) is 5.75 Å². The molecule has 0 aliphatic carbocycles. The van der Waals surface area contributed by atoms with E-state index in [2.05, 4.69) is 15.6 Å². The number of amides is 1. The molecule has 1 aromatic carbocycles. The van der Waals surface area contributed by atoms with Gasteiger partial charge in [0.25, 0.3) is 0 Å². The van der Waals surface area contributed by atoms with Gasteiger partial charge in [-0.15, -0.1) is 11.3 Å². The summed E-state index contributed by atoms with van der Waals surface area (Å²) in [7, 11) is 0. The number of carbonyl (C=O) groups is 1. The monoisotopic (exact) mass is 319 g/mol. The van der Waals surface area contributed by atoms with Gasteiger partial charge < -0.3 is 15.4 Å². The normalized spacial score (nSPS) is 11.8. The number of benzene rings is 1. The van der Waals surface area contributed by atoms with Crippen molar-refractivity contribution in [2.75, 3.05) is 17.2 Å². The summed E-state index contributed by atoms with van der Waals surface area (Å²) >= 11 is 1.43. The molecule has 2 rings (SSSR count). The Morgan fingerprint density at radius 2 is 2.14 bits per heavy atom. The van der Waals surface area contributed by atoms with E-state index < -0.39 is 0 Å². The number of aryl methyl sites for hydroxylation is 1. The number of carbonyl (C=O) groups excluding carboxylic acids is 1. The minimum absolute atomic E-state index is 0.0943. The van der Waals surface area contributed by atoms with E-state index in [0.717, 1.165) is 17.1 Å². The van der Waals surface area contributed by atoms with Crippen molar-refractivity contribution in [3.05, 3.63) is 35.3 Å². The summed E-state index contributed by atoms with van der Waals surface area (Å²) in [6.45, 7) is 6.39. The van der Waals surface area contributed by atoms with E-state index in [0.29, 0.717) is 18.2 Å². The maximum absolute atomic E-state index is 12.4. The second-order valence-electron chi connectivity index (χ2n) is 4.82. The number of para-hydroxylation sites is 2. The third-order valence-corrected chi connectivity index (χ3v) is 3.97. The van der Waals surface area contributed by atoms with E-state index in [1.807, 2.05) is 50.4 Å². The van der Waals surface area contributed by atoms with Gasteiger partial charge in [-0.05, 0) is 32.4 Å². The Morgan fingerprint density at radius 1 is 1.36 bits per heavy atom. The fraction of sp³-hybridized carbons (Fsp3) is 0.375. The lowest BCUT2D eigenvalue weighted by atomic mass is 10.2. The van der Waals surface area contributed by atoms with Crippen LogP contribution in [-0.4, -0.2) is 23.5 Å². The number of rotatable bonds is 7. The van der Waals surface area contributed by atoms with Crippen molar-refractivity contribution in [2.24, 2.45) is 0 Å². The van der Waals surface area contributed by atoms with Crippen molar-refractivity contribution >= 4 is 28.1 Å². The van der Waals surface area contributed by atoms with Gasteiger partial charge in [0.15, 0.2) is 5.13 Å². The van der Waals surface area contributed by atoms with Crippen LogP contribution in [0.2, 0.25) is 0 Å². The molecule has 1 atom stereocenters. The van der Waals surface area contributed by atoms with Crippen molar-refractivity contribution in [1.82, 2.24) is 4.98 Å². The number of ether oxygens (including phenoxy) is 1. The zero-order chi connectivity index (χ0) is 15.9. The second-order valence-corrected chi connectivity index (χ2v) is 5.68. The fourth-order valence-corrected chi connectivity index (χ4v) is 2.70. The van der Waals surface area contributed by atoms with Crippen LogP contribution in [0.3, 0.4) is 0 Å². The molecule has 22 heavy (non-hydrogen) atoms. The highest BCUT2D eigenvalue weighted by molar-refractivity contribution is 7.13. The van der Waals surface area contributed by atoms with E-state index >= 15 is 0 Å². The van der Waals surface area contributed by atoms with Crippen molar-refractivity contribution in [2.45, 2.75) is 33.2 Å². The van der Waals surface area contributed by atoms with Crippen LogP contribution in [0.25, 0.3) is 0 Å². The highest BCUT2D eigenvalue weighted by Gasteiger charge is 2.18. The quantitative estimate of drug-likeness (QED) is 0.817. The van der Waals surface area contributed by atoms with Crippen LogP contribution in [0.1, 0.15) is 26.0 Å². The van der Waals surface area contributed by atoms with Gasteiger partial charge in [0, 0.05) is 5.38 Å². The topological polar surface area (TPSA) is 63.2 Å². The van der Waals surface area contributed by atoms with Gasteiger partial charge in [-0.25, -0.2) is 4.98 Å². The lowest BCUT2D eigenvalue weighted by Crippen LogP contribution is -2.34. The smallest absolute Gasteiger partial charge is 0.248 e. The van der Waals surface area contributed by atoms with Crippen molar-refractivity contribution in [3.63, 3.8) is 0 Å². The third kappa shape index (κ3) is 4.21. The molecule has 1 amide bonds. The predicted molar refractivity (Wildman–Crippen MR) is 90.8 cm³/mol. The lowest BCUT2D eigenvalue weighted by Gasteiger charge is -2.19. The first-order valence-electron chi connectivity index (χ1n) is 7.35. The fourth-order valence-electron chi connectivity index (χ4n) is 2.01. The van der Waals surface area contributed by atoms with Crippen LogP contribution >= 0.6 is 11.3 Å². The zero-order valence-electron chi connectivity index (χ0n) is 13.1. The first-order valence-corrected chi connectivity index (χ1v) is 8.23. The molecule has 0 radical (unpaired) electrons. The van der Waals surface area contributed by atoms with Gasteiger partial charge in [-0.3, -0.25) is 4.79 Å². The Kier molecular flexibility index (Phi) is 5.77. The average Bonchev–Trinajstić information content (AvgIpc) is 2.91. The molecule has 5 nitrogen and oxygen atoms in total. The van der Waals surface area contributed by atoms with Crippen molar-refractivity contribution < 1.29 is 9.53 Å². The third-order valence-electron chi connectivity index (χ3n) is 3.09. The maximum atomic E-state index is 12.4. The van der Waals surface area contributed by atoms with Gasteiger partial charge in [-0.2, -0.15) is 0 Å². The SMILES string of the molecule is CCOc1ccccc1N[C@H](CC)C(=O)Nc1nc(C)cs1. The molecule has 0 bridgehead atoms. The summed E-state index contributed by atoms with van der Waals surface area (Å²) in [5.74, 6) is 0.657. The van der Waals surface area contributed by atoms with Gasteiger partial charge >= 0.3 is 0 Å². The van der Waals surface area contributed by atoms with Crippen LogP contribution in [0.4, 0.5) is 10.8 Å². The molecule has 0 saturated carbocycles. The molecule has 1 heterocycles. The Bertz CT molecular complexity index is 627. The molecule has 6 heteroatoms. The second kappa shape index (κ2) is 7.79. The molecule has 0 saturated heterocycles. The molecule has 0 aliphatic rings. The molecular formula is C16H21N3O2S. The first kappa shape index (κ1) is 16.3. The molecular weight excluding hydrogens is 298 g/mol. The number of hydrogen-bond donors (Lipinski definition) is 2. The summed E-state index contributed by atoms with van der Waals surface area (Å²) in [6, 6.07) is 7.29. The zero-order valence-corrected chi connectivity index (χ0v) is 13.9. The van der Waals surface area contributed by atoms with E-state index in [1.165, 1.54) is 11.3 Å². The Balaban J connectivity index is 2.06. The highest BCUT2D eigenvalue weighted by Crippen LogP contribution is 2.25. The summed E-state index contributed by atoms with van der Waals surface area (Å²) in [4.78, 5) is 16.6. The number of nitrogens with zero attached hydrogens (tertiary/aromatic N) is 1. The highest BCUT2D eigenvalue weighted by atomic mass is 32.1. The van der Waals surface area contributed by atoms with Crippen molar-refractivity contribution in [1.29, 1.82) is 0 Å². The summed E-state index contributed by atoms with van der Waals surface area (Å²) in [5.41, 5.74) is 1.73. The largest absolute Gasteiger partial charge is 0.492 e. The molecule has 2 N–H and O–H groups in total. The summed E-state index contributed by atoms with van der Waals surface area (Å²) in [5, 5.41) is 8.64. The standard InChI is InChI=1S/C16H21N3O2S/c1-4-12(15(20)19-16-17-11(3)10-22-16)18-13-8-6-7-9-14(13)21-5-2/h6-10,12,18H,4-5H2,1-3H3,(H,17,19,20)/t12-/m1/s1. The Morgan fingerprint density at radius 3 is 2.77 bits per heavy atom. The maximum Gasteiger partial charge on any atom is 0.248 e. The Hall–Kier alpha value is -2.08. The van der Waals surface area contributed by atoms with Crippen LogP contribution in [0, 0.1) is 6.92 Å². The van der Waals surface area contributed by atoms with E-state index in [1.54, 1.807) is 0 Å². The number of anilines is 2. The number of hydrogen-bond acceptors (Lipinski definition) is 5. The summed E-state index contributed by atoms with van der Waals surface area (Å²) in [6.07, 6.45) is 0.663. The van der Waals surface area contributed by atoms with Crippen LogP contribution in [0.5, 0.6) is 5.75 Å². The summed E-state index contributed by atoms with van der Waals surface area (Å²) < 4.78 is 5.58. The number of aromatic nitrogens is 1. The molecule has 0 fully saturated rings. The molecule has 0 aliphatic heterocycles. The van der Waals surface area contributed by atoms with Crippen LogP contribution < -0.4 is 15.4 Å². The van der Waals surface area contributed by atoms with E-state index in [4.69, 9.17) is 4.74 Å². The molecule has 2 aromatic rings. The molecule has 118 valence electrons. The Labute approximate surface area is 134 Å². The number of thiazole rings is 1. The minimum Gasteiger partial charge on any atom is -0.492 e. The van der Waals surface area contributed by atoms with Gasteiger partial charge in [0.2, 0.25) is 5.91 Å². The van der Waals surface area contributed by atoms with Gasteiger partial charge in [-0.1, -0.05) is 19.1 Å². The number of nitrogens with one attached hydrogen (secondary N) is 2. The molecule has 0 spiro atoms.